The summed E-state index contributed by atoms with van der Waals surface area (Å²) in [4.78, 5) is 0. The number of ether oxygens (including phenoxy) is 7. The number of hydrogen-bond donors (Lipinski definition) is 12. The van der Waals surface area contributed by atoms with Gasteiger partial charge in [-0.3, -0.25) is 0 Å². The molecule has 48 heavy (non-hydrogen) atoms. The highest BCUT2D eigenvalue weighted by molar-refractivity contribution is 14.1. The lowest BCUT2D eigenvalue weighted by Crippen LogP contribution is -2.67. The molecule has 4 fully saturated rings. The minimum atomic E-state index is -2.02. The number of hydrogen-bond acceptors (Lipinski definition) is 19. The van der Waals surface area contributed by atoms with Gasteiger partial charge in [0.1, 0.15) is 85.5 Å². The lowest BCUT2D eigenvalue weighted by Gasteiger charge is -2.49. The maximum atomic E-state index is 13.5. The summed E-state index contributed by atoms with van der Waals surface area (Å²) in [5.74, 6) is -1.07. The van der Waals surface area contributed by atoms with Crippen molar-refractivity contribution in [1.82, 2.24) is 0 Å². The average molecular weight is 811 g/mol. The first kappa shape index (κ1) is 40.9. The number of rotatable bonds is 12. The van der Waals surface area contributed by atoms with Gasteiger partial charge in [0, 0.05) is 7.74 Å². The van der Waals surface area contributed by atoms with Gasteiger partial charge in [-0.2, -0.15) is 22.4 Å². The highest BCUT2D eigenvalue weighted by Gasteiger charge is 2.55. The Kier molecular flexibility index (Phi) is 15.1. The van der Waals surface area contributed by atoms with Crippen LogP contribution >= 0.6 is 22.4 Å². The molecule has 3 radical (unpaired) electrons. The van der Waals surface area contributed by atoms with Gasteiger partial charge in [-0.05, 0) is 5.82 Å². The second-order valence-electron chi connectivity index (χ2n) is 11.9. The molecule has 4 heterocycles. The summed E-state index contributed by atoms with van der Waals surface area (Å²) in [7, 11) is 6.04. The van der Waals surface area contributed by atoms with Crippen molar-refractivity contribution in [1.29, 1.82) is 0 Å². The summed E-state index contributed by atoms with van der Waals surface area (Å²) in [5, 5.41) is 124. The molecule has 0 aromatic heterocycles. The van der Waals surface area contributed by atoms with Crippen LogP contribution in [-0.4, -0.2) is 224 Å². The number of halogens is 2. The molecular formula is C24H40B3FIO19. The quantitative estimate of drug-likeness (QED) is 0.0644. The van der Waals surface area contributed by atoms with Gasteiger partial charge in [0.05, 0.1) is 38.5 Å². The first-order valence-corrected chi connectivity index (χ1v) is 16.3. The van der Waals surface area contributed by atoms with Crippen molar-refractivity contribution in [2.75, 3.05) is 26.4 Å². The summed E-state index contributed by atoms with van der Waals surface area (Å²) < 4.78 is 51.3. The largest absolute Gasteiger partial charge is 0.394 e. The zero-order chi connectivity index (χ0) is 35.6. The Hall–Kier alpha value is 0.0948. The van der Waals surface area contributed by atoms with E-state index >= 15 is 0 Å². The molecule has 0 aliphatic carbocycles. The van der Waals surface area contributed by atoms with Crippen molar-refractivity contribution in [2.45, 2.75) is 122 Å². The fraction of sp³-hybridized carbons (Fsp3) is 1.00. The Bertz CT molecular complexity index is 999. The number of aliphatic hydroxyl groups is 12. The summed E-state index contributed by atoms with van der Waals surface area (Å²) in [6, 6.07) is -1.31. The molecule has 0 aromatic carbocycles. The van der Waals surface area contributed by atoms with E-state index in [0.717, 1.165) is 0 Å². The van der Waals surface area contributed by atoms with E-state index in [-0.39, 0.29) is 7.56 Å². The van der Waals surface area contributed by atoms with Gasteiger partial charge < -0.3 is 98.8 Å². The molecular weight excluding hydrogens is 771 g/mol. The van der Waals surface area contributed by atoms with Gasteiger partial charge in [-0.15, -0.1) is 0 Å². The van der Waals surface area contributed by atoms with Gasteiger partial charge in [0.15, 0.2) is 23.3 Å². The molecule has 0 bridgehead atoms. The van der Waals surface area contributed by atoms with Gasteiger partial charge >= 0.3 is 7.56 Å². The zero-order valence-electron chi connectivity index (χ0n) is 25.1. The highest BCUT2D eigenvalue weighted by atomic mass is 127. The zero-order valence-corrected chi connectivity index (χ0v) is 27.2. The number of aliphatic hydroxyl groups excluding tert-OH is 12. The third-order valence-corrected chi connectivity index (χ3v) is 9.67. The monoisotopic (exact) mass is 811 g/mol. The Balaban J connectivity index is 1.44. The summed E-state index contributed by atoms with van der Waals surface area (Å²) >= 11 is 1.73. The van der Waals surface area contributed by atoms with Crippen LogP contribution in [0, 0.1) is 0 Å². The Morgan fingerprint density at radius 3 is 1.27 bits per heavy atom. The van der Waals surface area contributed by atoms with E-state index in [4.69, 9.17) is 40.9 Å². The van der Waals surface area contributed by atoms with Crippen LogP contribution in [0.25, 0.3) is 0 Å². The van der Waals surface area contributed by atoms with E-state index in [1.54, 1.807) is 22.4 Å². The van der Waals surface area contributed by atoms with Crippen LogP contribution in [-0.2, 0) is 33.2 Å². The van der Waals surface area contributed by atoms with E-state index in [1.165, 1.54) is 0 Å². The molecule has 273 valence electrons. The summed E-state index contributed by atoms with van der Waals surface area (Å²) in [5.41, 5.74) is 0. The third-order valence-electron chi connectivity index (χ3n) is 8.84. The minimum absolute atomic E-state index is 0.161. The Morgan fingerprint density at radius 1 is 0.542 bits per heavy atom. The fourth-order valence-corrected chi connectivity index (χ4v) is 6.95. The SMILES string of the molecule is [B]B(I)C1C([B]F)OC(CO)C(OC2OC(CO)C(OC3OC(CO)C(OC4OC(CO)C(O)C(O)C4O)C(O)C3O)C(O)C2O)C1O. The predicted octanol–water partition coefficient (Wildman–Crippen LogP) is -8.05. The predicted molar refractivity (Wildman–Crippen MR) is 162 cm³/mol. The molecule has 24 heteroatoms. The van der Waals surface area contributed by atoms with Gasteiger partial charge in [-0.25, -0.2) is 0 Å². The van der Waals surface area contributed by atoms with Gasteiger partial charge in [0.25, 0.3) is 0 Å². The molecule has 0 aromatic rings. The van der Waals surface area contributed by atoms with Crippen molar-refractivity contribution in [2.24, 2.45) is 0 Å². The van der Waals surface area contributed by atoms with E-state index < -0.39 is 153 Å². The van der Waals surface area contributed by atoms with Crippen LogP contribution in [0.3, 0.4) is 0 Å². The molecule has 0 saturated carbocycles. The molecule has 4 aliphatic heterocycles. The smallest absolute Gasteiger partial charge is 0.385 e. The lowest BCUT2D eigenvalue weighted by molar-refractivity contribution is -0.383. The normalized spacial score (nSPS) is 50.2. The van der Waals surface area contributed by atoms with Gasteiger partial charge in [-0.1, -0.05) is 0 Å². The van der Waals surface area contributed by atoms with Crippen molar-refractivity contribution in [3.05, 3.63) is 0 Å². The topological polar surface area (TPSA) is 307 Å². The van der Waals surface area contributed by atoms with Gasteiger partial charge in [0.2, 0.25) is 0 Å². The van der Waals surface area contributed by atoms with Crippen molar-refractivity contribution >= 4 is 42.1 Å². The molecule has 0 spiro atoms. The van der Waals surface area contributed by atoms with E-state index in [1.807, 2.05) is 0 Å². The van der Waals surface area contributed by atoms with E-state index in [9.17, 15) is 65.6 Å². The lowest BCUT2D eigenvalue weighted by atomic mass is 9.41. The highest BCUT2D eigenvalue weighted by Crippen LogP contribution is 2.38. The first-order valence-electron chi connectivity index (χ1n) is 15.0. The Labute approximate surface area is 289 Å². The van der Waals surface area contributed by atoms with Crippen LogP contribution in [0.1, 0.15) is 0 Å². The molecule has 20 atom stereocenters. The molecule has 4 saturated heterocycles. The van der Waals surface area contributed by atoms with Crippen molar-refractivity contribution < 1.29 is 98.8 Å². The maximum absolute atomic E-state index is 13.5. The third kappa shape index (κ3) is 8.33. The van der Waals surface area contributed by atoms with Crippen molar-refractivity contribution in [3.8, 4) is 0 Å². The summed E-state index contributed by atoms with van der Waals surface area (Å²) in [6.07, 6.45) is -31.0. The van der Waals surface area contributed by atoms with Crippen LogP contribution in [0.2, 0.25) is 5.82 Å². The molecule has 0 amide bonds. The fourth-order valence-electron chi connectivity index (χ4n) is 6.11. The van der Waals surface area contributed by atoms with E-state index in [2.05, 4.69) is 0 Å². The van der Waals surface area contributed by atoms with Crippen molar-refractivity contribution in [3.63, 3.8) is 0 Å². The molecule has 4 aliphatic rings. The van der Waals surface area contributed by atoms with Crippen LogP contribution in [0.5, 0.6) is 0 Å². The minimum Gasteiger partial charge on any atom is -0.394 e. The van der Waals surface area contributed by atoms with Crippen LogP contribution < -0.4 is 0 Å². The molecule has 20 unspecified atom stereocenters. The molecule has 12 N–H and O–H groups in total. The first-order chi connectivity index (χ1) is 22.7. The molecule has 19 nitrogen and oxygen atoms in total. The second-order valence-corrected chi connectivity index (χ2v) is 13.3. The van der Waals surface area contributed by atoms with Crippen LogP contribution in [0.4, 0.5) is 4.32 Å². The standard InChI is InChI=1S/C24H40B3FIO19/c25-27(29)9-11(35)18(6(2-31)42-21(9)26-28)46-23-16(40)13(37)20(8(4-33)44-23)48-24-17(41)14(38)19(7(3-32)45-24)47-22-15(39)12(36)10(34)5(1-30)43-22/h5-24,30-41H,1-4H2. The summed E-state index contributed by atoms with van der Waals surface area (Å²) in [6.45, 7) is -3.33. The average Bonchev–Trinajstić information content (AvgIpc) is 3.07. The maximum Gasteiger partial charge on any atom is 0.385 e. The van der Waals surface area contributed by atoms with E-state index in [0.29, 0.717) is 0 Å². The molecule has 4 rings (SSSR count). The van der Waals surface area contributed by atoms with Crippen LogP contribution in [0.15, 0.2) is 0 Å². The second kappa shape index (κ2) is 17.7. The Morgan fingerprint density at radius 2 is 0.896 bits per heavy atom.